The van der Waals surface area contributed by atoms with Crippen molar-refractivity contribution in [3.05, 3.63) is 108 Å². The van der Waals surface area contributed by atoms with Crippen LogP contribution in [-0.4, -0.2) is 132 Å². The number of hydrogen-bond donors (Lipinski definition) is 3. The zero-order valence-corrected chi connectivity index (χ0v) is 39.5. The molecule has 8 aromatic heterocycles. The molecule has 27 heteroatoms. The second kappa shape index (κ2) is 22.8. The fourth-order valence-corrected chi connectivity index (χ4v) is 8.51. The number of alkyl halides is 6. The minimum atomic E-state index is -4.44. The van der Waals surface area contributed by atoms with E-state index >= 15 is 0 Å². The molecule has 0 saturated carbocycles. The number of rotatable bonds is 9. The van der Waals surface area contributed by atoms with Crippen LogP contribution in [0.15, 0.2) is 103 Å². The van der Waals surface area contributed by atoms with Gasteiger partial charge in [0, 0.05) is 101 Å². The molecule has 2 aliphatic heterocycles. The smallest absolute Gasteiger partial charge is 0.383 e. The molecule has 10 heterocycles. The Morgan fingerprint density at radius 1 is 0.662 bits per heavy atom. The van der Waals surface area contributed by atoms with Gasteiger partial charge in [0.2, 0.25) is 17.8 Å². The lowest BCUT2D eigenvalue weighted by molar-refractivity contribution is -0.177. The molecule has 0 radical (unpaired) electrons. The van der Waals surface area contributed by atoms with E-state index in [4.69, 9.17) is 10.1 Å². The number of halogens is 6. The number of likely N-dealkylation sites (N-methyl/N-ethyl adjacent to an activating group) is 2. The van der Waals surface area contributed by atoms with Gasteiger partial charge >= 0.3 is 12.9 Å². The third-order valence-electron chi connectivity index (χ3n) is 10.4. The quantitative estimate of drug-likeness (QED) is 0.119. The lowest BCUT2D eigenvalue weighted by Crippen LogP contribution is -2.40. The second-order valence-corrected chi connectivity index (χ2v) is 17.1. The number of likely N-dealkylation sites (tertiary alicyclic amines) is 2. The van der Waals surface area contributed by atoms with Crippen LogP contribution < -0.4 is 10.6 Å². The van der Waals surface area contributed by atoms with Gasteiger partial charge in [-0.15, -0.1) is 22.7 Å². The molecular formula is C44H42F6N16O3S2. The normalized spacial score (nSPS) is 16.5. The summed E-state index contributed by atoms with van der Waals surface area (Å²) in [7, 11) is 6.59. The van der Waals surface area contributed by atoms with Crippen LogP contribution in [0.2, 0.25) is 0 Å². The van der Waals surface area contributed by atoms with E-state index in [-0.39, 0.29) is 11.8 Å². The summed E-state index contributed by atoms with van der Waals surface area (Å²) in [6.45, 7) is -2.88. The number of nitrogens with one attached hydrogen (secondary N) is 2. The van der Waals surface area contributed by atoms with Crippen molar-refractivity contribution in [3.8, 4) is 44.2 Å². The predicted octanol–water partition coefficient (Wildman–Crippen LogP) is 7.54. The van der Waals surface area contributed by atoms with Crippen LogP contribution in [-0.2, 0) is 23.7 Å². The number of aliphatic hydroxyl groups excluding tert-OH is 1. The Morgan fingerprint density at radius 2 is 1.20 bits per heavy atom. The van der Waals surface area contributed by atoms with Gasteiger partial charge in [0.05, 0.1) is 17.3 Å². The van der Waals surface area contributed by atoms with Gasteiger partial charge in [-0.25, -0.2) is 29.9 Å². The average Bonchev–Trinajstić information content (AvgIpc) is 4.23. The third-order valence-corrected chi connectivity index (χ3v) is 12.1. The molecule has 71 heavy (non-hydrogen) atoms. The minimum Gasteiger partial charge on any atom is -0.383 e. The van der Waals surface area contributed by atoms with E-state index in [1.165, 1.54) is 22.7 Å². The van der Waals surface area contributed by atoms with E-state index in [9.17, 15) is 35.9 Å². The maximum atomic E-state index is 12.4. The Labute approximate surface area is 408 Å². The van der Waals surface area contributed by atoms with Crippen molar-refractivity contribution in [2.24, 2.45) is 14.1 Å². The Morgan fingerprint density at radius 3 is 1.63 bits per heavy atom. The van der Waals surface area contributed by atoms with Gasteiger partial charge < -0.3 is 25.5 Å². The SMILES string of the molecule is CN1C(=O)C(O)CC1C(F)(F)F.CN1CCC(c2ccnc(-c3csc(-c4ccnc(Nc5ccn(C)n5)n4)n3)c2)C1=O.Cn1ccc(Nc2nccc(-c3nc(-c4ccccn4)cs3)n2)n1.FC(F)F. The van der Waals surface area contributed by atoms with Gasteiger partial charge in [-0.3, -0.25) is 28.9 Å². The number of aliphatic hydroxyl groups is 1. The molecule has 0 spiro atoms. The first-order chi connectivity index (χ1) is 33.9. The van der Waals surface area contributed by atoms with Crippen LogP contribution in [0.3, 0.4) is 0 Å². The lowest BCUT2D eigenvalue weighted by Gasteiger charge is -2.21. The van der Waals surface area contributed by atoms with Crippen LogP contribution in [0.25, 0.3) is 44.2 Å². The van der Waals surface area contributed by atoms with Crippen molar-refractivity contribution in [2.75, 3.05) is 31.3 Å². The van der Waals surface area contributed by atoms with Crippen LogP contribution in [0, 0.1) is 0 Å². The molecule has 0 aromatic carbocycles. The second-order valence-electron chi connectivity index (χ2n) is 15.4. The monoisotopic (exact) mass is 1020 g/mol. The van der Waals surface area contributed by atoms with Gasteiger partial charge in [0.25, 0.3) is 5.91 Å². The van der Waals surface area contributed by atoms with Crippen molar-refractivity contribution in [1.29, 1.82) is 0 Å². The molecule has 8 aromatic rings. The van der Waals surface area contributed by atoms with E-state index in [0.717, 1.165) is 64.1 Å². The highest BCUT2D eigenvalue weighted by molar-refractivity contribution is 7.13. The molecule has 0 bridgehead atoms. The fraction of sp³-hybridized carbons (Fsp3) is 0.273. The van der Waals surface area contributed by atoms with Crippen molar-refractivity contribution < 1.29 is 41.0 Å². The van der Waals surface area contributed by atoms with Gasteiger partial charge in [-0.1, -0.05) is 6.07 Å². The molecule has 19 nitrogen and oxygen atoms in total. The van der Waals surface area contributed by atoms with Crippen LogP contribution in [0.1, 0.15) is 24.3 Å². The number of pyridine rings is 2. The number of hydrogen-bond acceptors (Lipinski definition) is 17. The molecule has 3 atom stereocenters. The number of amides is 2. The van der Waals surface area contributed by atoms with Crippen molar-refractivity contribution in [2.45, 2.75) is 43.8 Å². The van der Waals surface area contributed by atoms with Crippen LogP contribution in [0.5, 0.6) is 0 Å². The van der Waals surface area contributed by atoms with E-state index < -0.39 is 37.3 Å². The summed E-state index contributed by atoms with van der Waals surface area (Å²) in [5, 5.41) is 29.0. The molecule has 370 valence electrons. The Balaban J connectivity index is 0.000000163. The first-order valence-electron chi connectivity index (χ1n) is 21.1. The third kappa shape index (κ3) is 13.5. The topological polar surface area (TPSA) is 224 Å². The van der Waals surface area contributed by atoms with Gasteiger partial charge in [0.15, 0.2) is 11.6 Å². The first kappa shape index (κ1) is 51.1. The number of aryl methyl sites for hydroxylation is 2. The van der Waals surface area contributed by atoms with E-state index in [1.54, 1.807) is 39.1 Å². The lowest BCUT2D eigenvalue weighted by atomic mass is 9.98. The number of aromatic nitrogens is 12. The molecule has 2 amide bonds. The summed E-state index contributed by atoms with van der Waals surface area (Å²) in [5.74, 6) is 1.50. The maximum Gasteiger partial charge on any atom is 0.408 e. The zero-order valence-electron chi connectivity index (χ0n) is 37.9. The minimum absolute atomic E-state index is 0.105. The standard InChI is InChI=1S/C21H20N8OS.C16H13N7S.C6H8F3NO2.CHF3/c1-28-9-5-14(20(28)30)13-3-7-22-16(11-13)17-12-31-19(24-17)15-4-8-23-21(25-15)26-18-6-10-29(2)27-18;1-23-9-6-14(22-23)21-16-18-8-5-12(20-16)15-19-13(10-24-15)11-4-2-3-7-17-11;1-10-4(6(7,8)9)2-3(11)5(10)12;2-1(3)4/h3-4,6-8,10-12,14H,5,9H2,1-2H3,(H,23,25,26,27);2-10H,1H3,(H,18,20,21,22);3-4,11H,2H2,1H3;1H. The molecule has 10 rings (SSSR count). The molecule has 0 aliphatic carbocycles. The number of carbonyl (C=O) groups excluding carboxylic acids is 2. The predicted molar refractivity (Wildman–Crippen MR) is 251 cm³/mol. The number of thiazole rings is 2. The van der Waals surface area contributed by atoms with E-state index in [2.05, 4.69) is 55.7 Å². The fourth-order valence-electron chi connectivity index (χ4n) is 6.95. The summed E-state index contributed by atoms with van der Waals surface area (Å²) in [4.78, 5) is 61.1. The highest BCUT2D eigenvalue weighted by Gasteiger charge is 2.51. The summed E-state index contributed by atoms with van der Waals surface area (Å²) < 4.78 is 68.6. The Bertz CT molecular complexity index is 3040. The summed E-state index contributed by atoms with van der Waals surface area (Å²) in [6.07, 6.45) is 4.92. The molecule has 3 N–H and O–H groups in total. The van der Waals surface area contributed by atoms with E-state index in [0.29, 0.717) is 34.1 Å². The average molecular weight is 1020 g/mol. The van der Waals surface area contributed by atoms with Gasteiger partial charge in [-0.05, 0) is 48.4 Å². The number of carbonyl (C=O) groups is 2. The summed E-state index contributed by atoms with van der Waals surface area (Å²) >= 11 is 3.02. The van der Waals surface area contributed by atoms with E-state index in [1.807, 2.05) is 98.9 Å². The van der Waals surface area contributed by atoms with Gasteiger partial charge in [-0.2, -0.15) is 36.5 Å². The van der Waals surface area contributed by atoms with Crippen LogP contribution in [0.4, 0.5) is 49.9 Å². The Hall–Kier alpha value is -7.78. The molecule has 2 aliphatic rings. The highest BCUT2D eigenvalue weighted by Crippen LogP contribution is 2.34. The zero-order chi connectivity index (χ0) is 50.8. The molecular weight excluding hydrogens is 979 g/mol. The summed E-state index contributed by atoms with van der Waals surface area (Å²) in [6, 6.07) is 15.2. The molecule has 2 fully saturated rings. The van der Waals surface area contributed by atoms with Crippen molar-refractivity contribution in [1.82, 2.24) is 69.2 Å². The summed E-state index contributed by atoms with van der Waals surface area (Å²) in [5.41, 5.74) is 5.66. The van der Waals surface area contributed by atoms with Crippen LogP contribution >= 0.6 is 22.7 Å². The first-order valence-corrected chi connectivity index (χ1v) is 22.9. The maximum absolute atomic E-state index is 12.4. The van der Waals surface area contributed by atoms with Gasteiger partial charge in [0.1, 0.15) is 44.9 Å². The number of nitrogens with zero attached hydrogens (tertiary/aromatic N) is 14. The highest BCUT2D eigenvalue weighted by atomic mass is 32.1. The van der Waals surface area contributed by atoms with Crippen molar-refractivity contribution in [3.63, 3.8) is 0 Å². The Kier molecular flexibility index (Phi) is 16.4. The number of anilines is 4. The largest absolute Gasteiger partial charge is 0.408 e. The molecule has 2 saturated heterocycles. The van der Waals surface area contributed by atoms with Crippen molar-refractivity contribution >= 4 is 58.0 Å². The molecule has 3 unspecified atom stereocenters.